The van der Waals surface area contributed by atoms with Gasteiger partial charge >= 0.3 is 6.18 Å². The van der Waals surface area contributed by atoms with Gasteiger partial charge in [-0.15, -0.1) is 11.3 Å². The van der Waals surface area contributed by atoms with Crippen molar-refractivity contribution in [1.82, 2.24) is 14.8 Å². The van der Waals surface area contributed by atoms with Crippen LogP contribution in [-0.4, -0.2) is 46.9 Å². The quantitative estimate of drug-likeness (QED) is 0.858. The van der Waals surface area contributed by atoms with Crippen molar-refractivity contribution in [2.45, 2.75) is 12.7 Å². The maximum absolute atomic E-state index is 12.5. The van der Waals surface area contributed by atoms with Gasteiger partial charge in [0.25, 0.3) is 5.91 Å². The number of halogens is 3. The van der Waals surface area contributed by atoms with E-state index in [0.29, 0.717) is 43.5 Å². The third-order valence-corrected chi connectivity index (χ3v) is 4.43. The lowest BCUT2D eigenvalue weighted by Gasteiger charge is -2.33. The fourth-order valence-corrected chi connectivity index (χ4v) is 3.21. The predicted molar refractivity (Wildman–Crippen MR) is 77.0 cm³/mol. The number of furan rings is 1. The summed E-state index contributed by atoms with van der Waals surface area (Å²) in [7, 11) is 0. The lowest BCUT2D eigenvalue weighted by molar-refractivity contribution is -0.140. The second kappa shape index (κ2) is 6.32. The molecule has 9 heteroatoms. The Labute approximate surface area is 134 Å². The van der Waals surface area contributed by atoms with E-state index in [1.807, 2.05) is 4.90 Å². The van der Waals surface area contributed by atoms with Gasteiger partial charge in [-0.05, 0) is 12.1 Å². The molecule has 0 atom stereocenters. The minimum atomic E-state index is -4.40. The van der Waals surface area contributed by atoms with E-state index in [1.54, 1.807) is 17.0 Å². The van der Waals surface area contributed by atoms with Crippen molar-refractivity contribution in [3.05, 3.63) is 40.2 Å². The van der Waals surface area contributed by atoms with Crippen molar-refractivity contribution in [1.29, 1.82) is 0 Å². The van der Waals surface area contributed by atoms with Crippen LogP contribution in [0.2, 0.25) is 0 Å². The van der Waals surface area contributed by atoms with Crippen molar-refractivity contribution in [3.63, 3.8) is 0 Å². The Morgan fingerprint density at radius 1 is 1.30 bits per heavy atom. The van der Waals surface area contributed by atoms with Gasteiger partial charge in [0.15, 0.2) is 11.5 Å². The molecule has 1 saturated heterocycles. The molecule has 23 heavy (non-hydrogen) atoms. The molecule has 3 rings (SSSR count). The number of aromatic nitrogens is 1. The van der Waals surface area contributed by atoms with E-state index in [1.165, 1.54) is 6.26 Å². The maximum Gasteiger partial charge on any atom is 0.434 e. The largest absolute Gasteiger partial charge is 0.459 e. The number of hydrogen-bond donors (Lipinski definition) is 0. The van der Waals surface area contributed by atoms with Gasteiger partial charge in [0.05, 0.1) is 12.8 Å². The van der Waals surface area contributed by atoms with E-state index in [-0.39, 0.29) is 5.91 Å². The molecular formula is C14H14F3N3O2S. The van der Waals surface area contributed by atoms with Crippen LogP contribution in [0.4, 0.5) is 13.2 Å². The average Bonchev–Trinajstić information content (AvgIpc) is 3.18. The number of rotatable bonds is 3. The third-order valence-electron chi connectivity index (χ3n) is 3.59. The van der Waals surface area contributed by atoms with E-state index in [4.69, 9.17) is 4.42 Å². The summed E-state index contributed by atoms with van der Waals surface area (Å²) in [5.41, 5.74) is -0.843. The summed E-state index contributed by atoms with van der Waals surface area (Å²) < 4.78 is 42.7. The van der Waals surface area contributed by atoms with Crippen LogP contribution in [0.1, 0.15) is 21.3 Å². The number of carbonyl (C=O) groups is 1. The molecule has 5 nitrogen and oxygen atoms in total. The second-order valence-electron chi connectivity index (χ2n) is 5.17. The first-order valence-electron chi connectivity index (χ1n) is 7.00. The van der Waals surface area contributed by atoms with E-state index in [2.05, 4.69) is 4.98 Å². The number of carbonyl (C=O) groups excluding carboxylic acids is 1. The molecule has 1 aliphatic rings. The molecule has 124 valence electrons. The number of thiazole rings is 1. The second-order valence-corrected chi connectivity index (χ2v) is 6.11. The van der Waals surface area contributed by atoms with Gasteiger partial charge in [0, 0.05) is 31.6 Å². The highest BCUT2D eigenvalue weighted by Crippen LogP contribution is 2.30. The topological polar surface area (TPSA) is 49.6 Å². The van der Waals surface area contributed by atoms with Crippen molar-refractivity contribution in [2.24, 2.45) is 0 Å². The number of piperazine rings is 1. The molecule has 0 aromatic carbocycles. The van der Waals surface area contributed by atoms with E-state index in [9.17, 15) is 18.0 Å². The number of nitrogens with zero attached hydrogens (tertiary/aromatic N) is 3. The van der Waals surface area contributed by atoms with Gasteiger partial charge in [-0.2, -0.15) is 13.2 Å². The Morgan fingerprint density at radius 3 is 2.61 bits per heavy atom. The minimum absolute atomic E-state index is 0.164. The summed E-state index contributed by atoms with van der Waals surface area (Å²) in [6.07, 6.45) is -2.95. The van der Waals surface area contributed by atoms with E-state index >= 15 is 0 Å². The monoisotopic (exact) mass is 345 g/mol. The zero-order valence-electron chi connectivity index (χ0n) is 12.0. The summed E-state index contributed by atoms with van der Waals surface area (Å²) >= 11 is 1.01. The molecule has 0 spiro atoms. The SMILES string of the molecule is O=C(c1ccco1)N1CCN(Cc2nc(C(F)(F)F)cs2)CC1. The first-order chi connectivity index (χ1) is 10.9. The van der Waals surface area contributed by atoms with Crippen LogP contribution in [0.3, 0.4) is 0 Å². The molecule has 0 aliphatic carbocycles. The zero-order chi connectivity index (χ0) is 16.4. The molecule has 1 aliphatic heterocycles. The predicted octanol–water partition coefficient (Wildman–Crippen LogP) is 2.71. The molecule has 0 bridgehead atoms. The first-order valence-corrected chi connectivity index (χ1v) is 7.88. The standard InChI is InChI=1S/C14H14F3N3O2S/c15-14(16,17)11-9-23-12(18-11)8-19-3-5-20(6-4-19)13(21)10-2-1-7-22-10/h1-2,7,9H,3-6,8H2. The van der Waals surface area contributed by atoms with Crippen LogP contribution in [-0.2, 0) is 12.7 Å². The fourth-order valence-electron chi connectivity index (χ4n) is 2.37. The molecule has 2 aromatic rings. The first kappa shape index (κ1) is 16.0. The Bertz CT molecular complexity index is 661. The highest BCUT2D eigenvalue weighted by Gasteiger charge is 2.34. The Morgan fingerprint density at radius 2 is 2.04 bits per heavy atom. The molecule has 0 saturated carbocycles. The van der Waals surface area contributed by atoms with Crippen molar-refractivity contribution in [2.75, 3.05) is 26.2 Å². The van der Waals surface area contributed by atoms with Gasteiger partial charge < -0.3 is 9.32 Å². The highest BCUT2D eigenvalue weighted by molar-refractivity contribution is 7.09. The van der Waals surface area contributed by atoms with Crippen molar-refractivity contribution >= 4 is 17.2 Å². The van der Waals surface area contributed by atoms with E-state index in [0.717, 1.165) is 16.7 Å². The van der Waals surface area contributed by atoms with E-state index < -0.39 is 11.9 Å². The molecule has 0 N–H and O–H groups in total. The summed E-state index contributed by atoms with van der Waals surface area (Å²) in [5, 5.41) is 1.47. The number of amides is 1. The van der Waals surface area contributed by atoms with Crippen molar-refractivity contribution < 1.29 is 22.4 Å². The lowest BCUT2D eigenvalue weighted by atomic mass is 10.3. The molecule has 1 fully saturated rings. The van der Waals surface area contributed by atoms with Crippen LogP contribution in [0.15, 0.2) is 28.2 Å². The minimum Gasteiger partial charge on any atom is -0.459 e. The molecule has 1 amide bonds. The Kier molecular flexibility index (Phi) is 4.40. The van der Waals surface area contributed by atoms with Crippen LogP contribution in [0, 0.1) is 0 Å². The molecular weight excluding hydrogens is 331 g/mol. The van der Waals surface area contributed by atoms with Gasteiger partial charge in [0.1, 0.15) is 5.01 Å². The number of hydrogen-bond acceptors (Lipinski definition) is 5. The van der Waals surface area contributed by atoms with Gasteiger partial charge in [0.2, 0.25) is 0 Å². The smallest absolute Gasteiger partial charge is 0.434 e. The van der Waals surface area contributed by atoms with Gasteiger partial charge in [-0.1, -0.05) is 0 Å². The Hall–Kier alpha value is -1.87. The summed E-state index contributed by atoms with van der Waals surface area (Å²) in [6, 6.07) is 3.27. The molecule has 0 radical (unpaired) electrons. The van der Waals surface area contributed by atoms with Gasteiger partial charge in [-0.25, -0.2) is 4.98 Å². The third kappa shape index (κ3) is 3.73. The molecule has 2 aromatic heterocycles. The molecule has 0 unspecified atom stereocenters. The number of alkyl halides is 3. The average molecular weight is 345 g/mol. The summed E-state index contributed by atoms with van der Waals surface area (Å²) in [6.45, 7) is 2.57. The van der Waals surface area contributed by atoms with Crippen LogP contribution < -0.4 is 0 Å². The Balaban J connectivity index is 1.53. The fraction of sp³-hybridized carbons (Fsp3) is 0.429. The maximum atomic E-state index is 12.5. The van der Waals surface area contributed by atoms with Crippen molar-refractivity contribution in [3.8, 4) is 0 Å². The zero-order valence-corrected chi connectivity index (χ0v) is 12.9. The van der Waals surface area contributed by atoms with Gasteiger partial charge in [-0.3, -0.25) is 9.69 Å². The van der Waals surface area contributed by atoms with Crippen LogP contribution in [0.5, 0.6) is 0 Å². The van der Waals surface area contributed by atoms with Crippen LogP contribution >= 0.6 is 11.3 Å². The summed E-state index contributed by atoms with van der Waals surface area (Å²) in [4.78, 5) is 19.4. The summed E-state index contributed by atoms with van der Waals surface area (Å²) in [5.74, 6) is 0.136. The lowest BCUT2D eigenvalue weighted by Crippen LogP contribution is -2.48. The normalized spacial score (nSPS) is 16.7. The highest BCUT2D eigenvalue weighted by atomic mass is 32.1. The van der Waals surface area contributed by atoms with Crippen LogP contribution in [0.25, 0.3) is 0 Å². The molecule has 3 heterocycles.